The van der Waals surface area contributed by atoms with Gasteiger partial charge in [-0.15, -0.1) is 0 Å². The van der Waals surface area contributed by atoms with E-state index in [1.807, 2.05) is 13.8 Å². The first-order valence-corrected chi connectivity index (χ1v) is 37.1. The number of H-pyrrole nitrogens is 1. The van der Waals surface area contributed by atoms with E-state index in [1.54, 1.807) is 56.5 Å². The summed E-state index contributed by atoms with van der Waals surface area (Å²) in [6.07, 6.45) is -2.89. The number of thioether (sulfide) groups is 1. The molecule has 1 aromatic heterocycles. The maximum Gasteiger partial charge on any atom is 0.248 e. The predicted molar refractivity (Wildman–Crippen MR) is 374 cm³/mol. The van der Waals surface area contributed by atoms with Crippen molar-refractivity contribution in [2.45, 2.75) is 177 Å². The van der Waals surface area contributed by atoms with Gasteiger partial charge in [0, 0.05) is 115 Å². The number of nitrogens with zero attached hydrogens (tertiary/aromatic N) is 2. The van der Waals surface area contributed by atoms with Crippen molar-refractivity contribution < 1.29 is 101 Å². The van der Waals surface area contributed by atoms with Gasteiger partial charge in [0.15, 0.2) is 6.04 Å². The number of carbonyl (C=O) groups excluding carboxylic acids is 12. The molecule has 572 valence electrons. The Balaban J connectivity index is 1.34. The minimum atomic E-state index is -2.46. The highest BCUT2D eigenvalue weighted by molar-refractivity contribution is 7.99. The number of primary amides is 2. The van der Waals surface area contributed by atoms with Crippen LogP contribution >= 0.6 is 11.8 Å². The highest BCUT2D eigenvalue weighted by Gasteiger charge is 2.45. The summed E-state index contributed by atoms with van der Waals surface area (Å²) >= 11 is -0.896. The molecule has 33 nitrogen and oxygen atoms in total. The number of ketones is 1. The van der Waals surface area contributed by atoms with E-state index < -0.39 is 170 Å². The van der Waals surface area contributed by atoms with Crippen LogP contribution in [0.5, 0.6) is 5.75 Å². The number of fused-ring (bicyclic) bond motifs is 4. The van der Waals surface area contributed by atoms with Crippen molar-refractivity contribution in [1.29, 1.82) is 0 Å². The molecular weight excluding hydrogens is 1370 g/mol. The van der Waals surface area contributed by atoms with Crippen LogP contribution < -0.4 is 53.4 Å². The maximum absolute atomic E-state index is 15.4. The third-order valence-corrected chi connectivity index (χ3v) is 21.0. The van der Waals surface area contributed by atoms with Gasteiger partial charge in [0.25, 0.3) is 0 Å². The number of aliphatic hydroxyl groups is 3. The van der Waals surface area contributed by atoms with Gasteiger partial charge in [-0.1, -0.05) is 54.9 Å². The lowest BCUT2D eigenvalue weighted by atomic mass is 9.93. The standard InChI is InChI=1S/C67H106N12O21S2/c1-9-38(5)57(75-53(84)10-2)64(92)71-32-55(86)72-48-36-102(95)66-44(31-47(61(69)89)74-65(93)58(40(7)50(82)34-80)76-63(91)49-30-41(81)33-79(49)67(94)46(73-62(48)90)12-14-52(68)83)43-11-13-51(96-8)45(59(43)77-66)35-101-42-15-19-78(20-16-42)56(87)17-21-97-23-25-99-27-28-100-26-24-98-22-18-70-54(85)29-39(6)60(88)37(3)4/h11,13,37-42,46-50,57-58,77,80-82H,9-10,12,14-36H2,1-8H3,(H2,68,83)(H2,69,89)(H,70,85)(H,71,92)(H,72,86)(H,73,90)(H,74,93)(H,75,84)(H,76,91)/t38-,39?,40-,41+,46-,47-,48-,49-,50-,57-,58-,102?/m0/s1. The topological polar surface area (TPSA) is 493 Å². The summed E-state index contributed by atoms with van der Waals surface area (Å²) in [7, 11) is 1.44. The lowest BCUT2D eigenvalue weighted by molar-refractivity contribution is -0.143. The highest BCUT2D eigenvalue weighted by Crippen LogP contribution is 2.39. The lowest BCUT2D eigenvalue weighted by Gasteiger charge is -2.32. The number of aromatic nitrogens is 1. The monoisotopic (exact) mass is 1480 g/mol. The first-order valence-electron chi connectivity index (χ1n) is 34.8. The highest BCUT2D eigenvalue weighted by atomic mass is 32.2. The van der Waals surface area contributed by atoms with Gasteiger partial charge in [-0.05, 0) is 37.3 Å². The van der Waals surface area contributed by atoms with Crippen molar-refractivity contribution in [3.63, 3.8) is 0 Å². The summed E-state index contributed by atoms with van der Waals surface area (Å²) < 4.78 is 43.6. The second kappa shape index (κ2) is 43.1. The third kappa shape index (κ3) is 26.2. The molecule has 2 unspecified atom stereocenters. The molecule has 15 N–H and O–H groups in total. The van der Waals surface area contributed by atoms with E-state index >= 15 is 4.55 Å². The number of aliphatic hydroxyl groups excluding tert-OH is 3. The van der Waals surface area contributed by atoms with Gasteiger partial charge in [-0.3, -0.25) is 57.5 Å². The molecule has 1 aromatic carbocycles. The van der Waals surface area contributed by atoms with Crippen molar-refractivity contribution in [3.05, 3.63) is 23.3 Å². The number of aromatic amines is 1. The van der Waals surface area contributed by atoms with Gasteiger partial charge in [0.1, 0.15) is 47.5 Å². The van der Waals surface area contributed by atoms with Crippen LogP contribution in [0.3, 0.4) is 0 Å². The number of ether oxygens (including phenoxy) is 5. The molecule has 35 heteroatoms. The molecule has 4 heterocycles. The van der Waals surface area contributed by atoms with Crippen LogP contribution in [0.4, 0.5) is 0 Å². The third-order valence-electron chi connectivity index (χ3n) is 18.2. The number of hydrogen-bond acceptors (Lipinski definition) is 22. The lowest BCUT2D eigenvalue weighted by Crippen LogP contribution is -2.61. The second-order valence-electron chi connectivity index (χ2n) is 26.1. The van der Waals surface area contributed by atoms with Crippen molar-refractivity contribution in [1.82, 2.24) is 52.0 Å². The van der Waals surface area contributed by atoms with Crippen LogP contribution in [-0.4, -0.2) is 264 Å². The molecule has 3 aliphatic heterocycles. The number of Topliss-reactive ketones (excluding diaryl/α,β-unsaturated/α-hetero) is 1. The SMILES string of the molecule is CCC(=O)N[C@H](C(=O)NCC(=O)N[C@H]1C[S+]([O-])c2[nH]c3c(CSC4CCN(C(=O)CCOCCOCCOCCOCCNC(=O)CC(C)C(=O)C(C)C)CC4)c(OC)ccc3c2C[C@@H](C(N)=O)NC(=O)[C@H]([C@@H](C)[C@@H](O)CO)NC(=O)[C@@H]2C[C@@H](O)CN2C(=O)[C@H](CCC(N)=O)NC1=O)[C@@H](C)CC. The number of hydrogen-bond donors (Lipinski definition) is 13. The summed E-state index contributed by atoms with van der Waals surface area (Å²) in [6.45, 7) is 13.2. The molecule has 0 bridgehead atoms. The molecule has 0 saturated carbocycles. The van der Waals surface area contributed by atoms with Crippen LogP contribution in [0.25, 0.3) is 10.9 Å². The minimum absolute atomic E-state index is 0.0267. The Kier molecular flexibility index (Phi) is 36.1. The number of rotatable bonds is 38. The first-order chi connectivity index (χ1) is 48.5. The molecule has 2 saturated heterocycles. The van der Waals surface area contributed by atoms with Gasteiger partial charge < -0.3 is 107 Å². The molecule has 102 heavy (non-hydrogen) atoms. The zero-order valence-corrected chi connectivity index (χ0v) is 61.2. The smallest absolute Gasteiger partial charge is 0.248 e. The number of carbonyl (C=O) groups is 12. The fourth-order valence-corrected chi connectivity index (χ4v) is 14.5. The Morgan fingerprint density at radius 1 is 0.814 bits per heavy atom. The summed E-state index contributed by atoms with van der Waals surface area (Å²) in [4.78, 5) is 168. The molecule has 3 aliphatic rings. The zero-order chi connectivity index (χ0) is 75.3. The van der Waals surface area contributed by atoms with Crippen LogP contribution in [0, 0.1) is 23.7 Å². The fraction of sp³-hybridized carbons (Fsp3) is 0.701. The van der Waals surface area contributed by atoms with Crippen LogP contribution in [-0.2, 0) is 99.8 Å². The number of nitrogens with one attached hydrogen (secondary N) is 8. The average molecular weight is 1480 g/mol. The average Bonchev–Trinajstić information content (AvgIpc) is 1.61. The van der Waals surface area contributed by atoms with Crippen molar-refractivity contribution >= 4 is 105 Å². The summed E-state index contributed by atoms with van der Waals surface area (Å²) in [5, 5.41) is 50.1. The van der Waals surface area contributed by atoms with E-state index in [0.717, 1.165) is 4.90 Å². The Hall–Kier alpha value is -7.22. The molecule has 11 amide bonds. The zero-order valence-electron chi connectivity index (χ0n) is 59.6. The Morgan fingerprint density at radius 2 is 1.46 bits per heavy atom. The largest absolute Gasteiger partial charge is 0.610 e. The summed E-state index contributed by atoms with van der Waals surface area (Å²) in [5.74, 6) is -11.0. The molecule has 0 spiro atoms. The van der Waals surface area contributed by atoms with Crippen molar-refractivity contribution in [2.75, 3.05) is 105 Å². The van der Waals surface area contributed by atoms with Crippen LogP contribution in [0.1, 0.15) is 117 Å². The number of piperidine rings is 1. The molecule has 0 aliphatic carbocycles. The van der Waals surface area contributed by atoms with Gasteiger partial charge in [-0.2, -0.15) is 11.8 Å². The quantitative estimate of drug-likeness (QED) is 0.0246. The van der Waals surface area contributed by atoms with Crippen LogP contribution in [0.15, 0.2) is 17.2 Å². The number of benzene rings is 1. The van der Waals surface area contributed by atoms with Gasteiger partial charge in [-0.25, -0.2) is 0 Å². The van der Waals surface area contributed by atoms with Gasteiger partial charge in [0.2, 0.25) is 70.0 Å². The number of nitrogens with two attached hydrogens (primary N) is 2. The summed E-state index contributed by atoms with van der Waals surface area (Å²) in [5.41, 5.74) is 12.6. The van der Waals surface area contributed by atoms with Gasteiger partial charge in [0.05, 0.1) is 97.3 Å². The summed E-state index contributed by atoms with van der Waals surface area (Å²) in [6, 6.07) is -6.38. The molecule has 0 radical (unpaired) electrons. The normalized spacial score (nSPS) is 21.8. The Morgan fingerprint density at radius 3 is 2.06 bits per heavy atom. The first kappa shape index (κ1) is 85.4. The molecule has 2 aromatic rings. The van der Waals surface area contributed by atoms with Gasteiger partial charge >= 0.3 is 0 Å². The minimum Gasteiger partial charge on any atom is -0.610 e. The Labute approximate surface area is 601 Å². The molecular formula is C67H106N12O21S2. The number of amides is 11. The predicted octanol–water partition coefficient (Wildman–Crippen LogP) is -2.41. The maximum atomic E-state index is 15.4. The van der Waals surface area contributed by atoms with E-state index in [4.69, 9.17) is 35.2 Å². The number of methoxy groups -OCH3 is 1. The number of likely N-dealkylation sites (tertiary alicyclic amines) is 1. The van der Waals surface area contributed by atoms with Crippen molar-refractivity contribution in [3.8, 4) is 5.75 Å². The molecule has 5 rings (SSSR count). The van der Waals surface area contributed by atoms with E-state index in [9.17, 15) is 72.9 Å². The van der Waals surface area contributed by atoms with E-state index in [1.165, 1.54) is 14.0 Å². The van der Waals surface area contributed by atoms with E-state index in [-0.39, 0.29) is 96.0 Å². The van der Waals surface area contributed by atoms with Crippen LogP contribution in [0.2, 0.25) is 0 Å². The Bertz CT molecular complexity index is 3170. The second-order valence-corrected chi connectivity index (χ2v) is 28.8. The fourth-order valence-electron chi connectivity index (χ4n) is 11.9. The van der Waals surface area contributed by atoms with E-state index in [0.29, 0.717) is 94.1 Å². The molecule has 2 fully saturated rings. The molecule has 12 atom stereocenters. The van der Waals surface area contributed by atoms with E-state index in [2.05, 4.69) is 42.2 Å². The van der Waals surface area contributed by atoms with Crippen molar-refractivity contribution in [2.24, 2.45) is 35.1 Å².